The number of rotatable bonds is 4. The molecule has 3 rings (SSSR count). The Labute approximate surface area is 146 Å². The molecule has 0 unspecified atom stereocenters. The van der Waals surface area contributed by atoms with Gasteiger partial charge in [-0.15, -0.1) is 0 Å². The lowest BCUT2D eigenvalue weighted by Gasteiger charge is -2.16. The van der Waals surface area contributed by atoms with Crippen molar-refractivity contribution in [3.05, 3.63) is 15.9 Å². The van der Waals surface area contributed by atoms with Gasteiger partial charge in [-0.1, -0.05) is 11.3 Å². The molecule has 25 heavy (non-hydrogen) atoms. The topological polar surface area (TPSA) is 139 Å². The summed E-state index contributed by atoms with van der Waals surface area (Å²) in [6.45, 7) is 3.32. The number of ether oxygens (including phenoxy) is 3. The molecule has 0 aliphatic carbocycles. The van der Waals surface area contributed by atoms with Crippen LogP contribution in [0.4, 0.5) is 10.7 Å². The Kier molecular flexibility index (Phi) is 4.88. The van der Waals surface area contributed by atoms with Gasteiger partial charge in [-0.3, -0.25) is 9.36 Å². The average molecular weight is 370 g/mol. The van der Waals surface area contributed by atoms with E-state index in [0.29, 0.717) is 10.3 Å². The third-order valence-electron chi connectivity index (χ3n) is 3.52. The van der Waals surface area contributed by atoms with Gasteiger partial charge in [0.2, 0.25) is 5.95 Å². The fourth-order valence-corrected chi connectivity index (χ4v) is 3.35. The molecule has 0 aromatic carbocycles. The summed E-state index contributed by atoms with van der Waals surface area (Å²) < 4.78 is 17.3. The van der Waals surface area contributed by atoms with Gasteiger partial charge in [-0.2, -0.15) is 4.98 Å². The van der Waals surface area contributed by atoms with Gasteiger partial charge < -0.3 is 25.1 Å². The minimum Gasteiger partial charge on any atom is -0.432 e. The summed E-state index contributed by atoms with van der Waals surface area (Å²) in [6.07, 6.45) is -1.92. The first-order valence-electron chi connectivity index (χ1n) is 7.65. The molecule has 2 aromatic rings. The van der Waals surface area contributed by atoms with Crippen molar-refractivity contribution >= 4 is 33.8 Å². The first-order valence-corrected chi connectivity index (χ1v) is 8.47. The summed E-state index contributed by atoms with van der Waals surface area (Å²) >= 11 is 0.933. The fraction of sp³-hybridized carbons (Fsp3) is 0.571. The van der Waals surface area contributed by atoms with Gasteiger partial charge in [0.05, 0.1) is 23.1 Å². The number of aliphatic hydroxyl groups excluding tert-OH is 1. The third-order valence-corrected chi connectivity index (χ3v) is 4.40. The van der Waals surface area contributed by atoms with Crippen LogP contribution in [0.25, 0.3) is 10.3 Å². The Morgan fingerprint density at radius 3 is 3.08 bits per heavy atom. The van der Waals surface area contributed by atoms with E-state index in [-0.39, 0.29) is 30.0 Å². The summed E-state index contributed by atoms with van der Waals surface area (Å²) in [6, 6.07) is 0. The number of aromatic nitrogens is 3. The van der Waals surface area contributed by atoms with Crippen molar-refractivity contribution in [3.8, 4) is 0 Å². The number of hydrogen-bond donors (Lipinski definition) is 2. The fourth-order valence-electron chi connectivity index (χ4n) is 2.53. The molecule has 2 aromatic heterocycles. The number of nitrogen functional groups attached to an aromatic ring is 1. The lowest BCUT2D eigenvalue weighted by atomic mass is 10.2. The van der Waals surface area contributed by atoms with E-state index in [0.717, 1.165) is 11.3 Å². The molecule has 11 heteroatoms. The summed E-state index contributed by atoms with van der Waals surface area (Å²) in [4.78, 5) is 31.2. The predicted octanol–water partition coefficient (Wildman–Crippen LogP) is 0.645. The predicted molar refractivity (Wildman–Crippen MR) is 88.2 cm³/mol. The van der Waals surface area contributed by atoms with E-state index in [4.69, 9.17) is 19.9 Å². The maximum absolute atomic E-state index is 12.3. The van der Waals surface area contributed by atoms with Crippen LogP contribution in [0.1, 0.15) is 26.5 Å². The highest BCUT2D eigenvalue weighted by Crippen LogP contribution is 2.31. The van der Waals surface area contributed by atoms with Crippen molar-refractivity contribution < 1.29 is 24.1 Å². The molecular weight excluding hydrogens is 352 g/mol. The molecule has 10 nitrogen and oxygen atoms in total. The Bertz CT molecular complexity index is 834. The van der Waals surface area contributed by atoms with Crippen LogP contribution < -0.4 is 10.6 Å². The van der Waals surface area contributed by atoms with E-state index < -0.39 is 24.6 Å². The van der Waals surface area contributed by atoms with Gasteiger partial charge in [-0.05, 0) is 13.8 Å². The molecule has 0 amide bonds. The summed E-state index contributed by atoms with van der Waals surface area (Å²) in [7, 11) is 0. The van der Waals surface area contributed by atoms with Gasteiger partial charge in [0.15, 0.2) is 11.9 Å². The average Bonchev–Trinajstić information content (AvgIpc) is 3.03. The van der Waals surface area contributed by atoms with E-state index in [2.05, 4.69) is 9.97 Å². The normalized spacial score (nSPS) is 23.3. The van der Waals surface area contributed by atoms with Crippen LogP contribution in [-0.2, 0) is 14.2 Å². The molecule has 0 bridgehead atoms. The first kappa shape index (κ1) is 17.6. The van der Waals surface area contributed by atoms with Crippen LogP contribution in [-0.4, -0.2) is 50.7 Å². The molecule has 0 spiro atoms. The monoisotopic (exact) mass is 370 g/mol. The van der Waals surface area contributed by atoms with Gasteiger partial charge in [-0.25, -0.2) is 9.78 Å². The summed E-state index contributed by atoms with van der Waals surface area (Å²) in [5.74, 6) is 0.0165. The zero-order valence-electron chi connectivity index (χ0n) is 13.6. The second kappa shape index (κ2) is 6.94. The standard InChI is InChI=1S/C14H18N4O6S/c1-6(2)23-14(21)22-5-7-3-8(19)11(24-7)18-10-9(25-13(18)20)4-16-12(15)17-10/h4,6-8,11,19H,3,5H2,1-2H3,(H2,15,16,17)/t7-,8+,11+/m0/s1. The quantitative estimate of drug-likeness (QED) is 0.742. The summed E-state index contributed by atoms with van der Waals surface area (Å²) in [5, 5.41) is 10.3. The van der Waals surface area contributed by atoms with Crippen LogP contribution >= 0.6 is 11.3 Å². The van der Waals surface area contributed by atoms with Gasteiger partial charge in [0.25, 0.3) is 0 Å². The second-order valence-corrected chi connectivity index (χ2v) is 6.83. The van der Waals surface area contributed by atoms with E-state index in [1.54, 1.807) is 13.8 Å². The number of fused-ring (bicyclic) bond motifs is 1. The molecule has 1 aliphatic heterocycles. The molecule has 3 atom stereocenters. The Morgan fingerprint density at radius 1 is 1.60 bits per heavy atom. The van der Waals surface area contributed by atoms with E-state index >= 15 is 0 Å². The lowest BCUT2D eigenvalue weighted by molar-refractivity contribution is -0.0596. The molecular formula is C14H18N4O6S. The van der Waals surface area contributed by atoms with Crippen LogP contribution in [0, 0.1) is 0 Å². The largest absolute Gasteiger partial charge is 0.508 e. The highest BCUT2D eigenvalue weighted by molar-refractivity contribution is 7.16. The molecule has 1 aliphatic rings. The molecule has 0 saturated carbocycles. The Hall–Kier alpha value is -2.24. The van der Waals surface area contributed by atoms with Crippen LogP contribution in [0.2, 0.25) is 0 Å². The van der Waals surface area contributed by atoms with Crippen molar-refractivity contribution in [1.29, 1.82) is 0 Å². The second-order valence-electron chi connectivity index (χ2n) is 5.83. The number of carbonyl (C=O) groups is 1. The molecule has 1 fully saturated rings. The first-order chi connectivity index (χ1) is 11.8. The number of nitrogens with two attached hydrogens (primary N) is 1. The molecule has 136 valence electrons. The smallest absolute Gasteiger partial charge is 0.432 e. The van der Waals surface area contributed by atoms with Crippen molar-refractivity contribution in [3.63, 3.8) is 0 Å². The molecule has 3 N–H and O–H groups in total. The Balaban J connectivity index is 1.74. The van der Waals surface area contributed by atoms with Crippen molar-refractivity contribution in [2.24, 2.45) is 0 Å². The molecule has 3 heterocycles. The van der Waals surface area contributed by atoms with E-state index in [1.807, 2.05) is 0 Å². The SMILES string of the molecule is CC(C)OC(=O)OC[C@@H]1C[C@@H](O)[C@H](n2c(=O)sc3cnc(N)nc32)O1. The number of carbonyl (C=O) groups excluding carboxylic acids is 1. The van der Waals surface area contributed by atoms with E-state index in [9.17, 15) is 14.7 Å². The molecule has 0 radical (unpaired) electrons. The minimum absolute atomic E-state index is 0.0165. The van der Waals surface area contributed by atoms with Crippen LogP contribution in [0.15, 0.2) is 11.0 Å². The highest BCUT2D eigenvalue weighted by Gasteiger charge is 2.38. The van der Waals surface area contributed by atoms with Gasteiger partial charge in [0.1, 0.15) is 12.7 Å². The van der Waals surface area contributed by atoms with Crippen LogP contribution in [0.5, 0.6) is 0 Å². The Morgan fingerprint density at radius 2 is 2.36 bits per heavy atom. The zero-order chi connectivity index (χ0) is 18.1. The number of nitrogens with zero attached hydrogens (tertiary/aromatic N) is 3. The van der Waals surface area contributed by atoms with Crippen molar-refractivity contribution in [2.45, 2.75) is 44.8 Å². The van der Waals surface area contributed by atoms with Crippen LogP contribution in [0.3, 0.4) is 0 Å². The third kappa shape index (κ3) is 3.72. The maximum Gasteiger partial charge on any atom is 0.508 e. The van der Waals surface area contributed by atoms with E-state index in [1.165, 1.54) is 10.8 Å². The number of anilines is 1. The highest BCUT2D eigenvalue weighted by atomic mass is 32.1. The zero-order valence-corrected chi connectivity index (χ0v) is 14.4. The number of thiazole rings is 1. The van der Waals surface area contributed by atoms with Gasteiger partial charge in [0, 0.05) is 6.42 Å². The van der Waals surface area contributed by atoms with Crippen molar-refractivity contribution in [1.82, 2.24) is 14.5 Å². The van der Waals surface area contributed by atoms with Crippen molar-refractivity contribution in [2.75, 3.05) is 12.3 Å². The minimum atomic E-state index is -0.957. The van der Waals surface area contributed by atoms with Gasteiger partial charge >= 0.3 is 11.0 Å². The lowest BCUT2D eigenvalue weighted by Crippen LogP contribution is -2.27. The molecule has 1 saturated heterocycles. The number of hydrogen-bond acceptors (Lipinski definition) is 10. The maximum atomic E-state index is 12.3. The summed E-state index contributed by atoms with van der Waals surface area (Å²) in [5.41, 5.74) is 5.87. The number of aliphatic hydroxyl groups is 1.